The zero-order valence-corrected chi connectivity index (χ0v) is 14.6. The van der Waals surface area contributed by atoms with E-state index in [4.69, 9.17) is 0 Å². The topological polar surface area (TPSA) is 67.4 Å². The van der Waals surface area contributed by atoms with E-state index >= 15 is 0 Å². The summed E-state index contributed by atoms with van der Waals surface area (Å²) in [5.74, 6) is -0.246. The molecule has 0 spiro atoms. The zero-order chi connectivity index (χ0) is 19.2. The van der Waals surface area contributed by atoms with Crippen molar-refractivity contribution in [1.29, 1.82) is 0 Å². The van der Waals surface area contributed by atoms with E-state index in [1.165, 1.54) is 19.1 Å². The van der Waals surface area contributed by atoms with Gasteiger partial charge in [0, 0.05) is 13.5 Å². The molecule has 2 amide bonds. The third-order valence-electron chi connectivity index (χ3n) is 4.31. The Morgan fingerprint density at radius 3 is 2.35 bits per heavy atom. The Hall–Kier alpha value is -2.25. The van der Waals surface area contributed by atoms with Gasteiger partial charge >= 0.3 is 6.18 Å². The number of hydrogen-bond donors (Lipinski definition) is 2. The Morgan fingerprint density at radius 1 is 1.19 bits per heavy atom. The number of carbonyl (C=O) groups excluding carboxylic acids is 2. The van der Waals surface area contributed by atoms with Gasteiger partial charge in [-0.15, -0.1) is 0 Å². The van der Waals surface area contributed by atoms with Gasteiger partial charge in [0.15, 0.2) is 6.61 Å². The number of nitrogens with one attached hydrogen (secondary N) is 2. The van der Waals surface area contributed by atoms with Gasteiger partial charge in [-0.25, -0.2) is 0 Å². The third kappa shape index (κ3) is 6.57. The fourth-order valence-corrected chi connectivity index (χ4v) is 3.08. The summed E-state index contributed by atoms with van der Waals surface area (Å²) in [5, 5.41) is 5.50. The number of hydrogen-bond acceptors (Lipinski definition) is 3. The maximum Gasteiger partial charge on any atom is 0.422 e. The molecule has 0 heterocycles. The molecule has 0 aliphatic heterocycles. The molecular formula is C18H23F3N2O3. The molecule has 26 heavy (non-hydrogen) atoms. The number of alkyl halides is 3. The molecule has 8 heteroatoms. The average molecular weight is 372 g/mol. The van der Waals surface area contributed by atoms with E-state index in [1.807, 2.05) is 0 Å². The summed E-state index contributed by atoms with van der Waals surface area (Å²) in [6.45, 7) is 0.263. The molecule has 1 aliphatic rings. The van der Waals surface area contributed by atoms with Crippen molar-refractivity contribution in [1.82, 2.24) is 10.6 Å². The first-order chi connectivity index (χ1) is 12.2. The maximum absolute atomic E-state index is 12.4. The van der Waals surface area contributed by atoms with Crippen LogP contribution in [-0.2, 0) is 16.1 Å². The quantitative estimate of drug-likeness (QED) is 0.773. The lowest BCUT2D eigenvalue weighted by atomic mass is 9.97. The predicted octanol–water partition coefficient (Wildman–Crippen LogP) is 2.94. The van der Waals surface area contributed by atoms with Gasteiger partial charge in [-0.05, 0) is 36.5 Å². The van der Waals surface area contributed by atoms with Gasteiger partial charge in [-0.3, -0.25) is 9.59 Å². The molecule has 1 aromatic rings. The van der Waals surface area contributed by atoms with Gasteiger partial charge in [0.2, 0.25) is 11.8 Å². The summed E-state index contributed by atoms with van der Waals surface area (Å²) in [6, 6.07) is 5.49. The summed E-state index contributed by atoms with van der Waals surface area (Å²) in [4.78, 5) is 23.8. The molecule has 2 N–H and O–H groups in total. The van der Waals surface area contributed by atoms with Crippen LogP contribution in [-0.4, -0.2) is 30.6 Å². The lowest BCUT2D eigenvalue weighted by Gasteiger charge is -2.23. The lowest BCUT2D eigenvalue weighted by molar-refractivity contribution is -0.153. The number of rotatable bonds is 7. The first-order valence-electron chi connectivity index (χ1n) is 8.58. The molecule has 1 unspecified atom stereocenters. The largest absolute Gasteiger partial charge is 0.484 e. The summed E-state index contributed by atoms with van der Waals surface area (Å²) in [7, 11) is 0. The van der Waals surface area contributed by atoms with Crippen LogP contribution in [0.25, 0.3) is 0 Å². The molecule has 0 saturated heterocycles. The van der Waals surface area contributed by atoms with Gasteiger partial charge in [-0.2, -0.15) is 13.2 Å². The average Bonchev–Trinajstić information content (AvgIpc) is 3.10. The number of amides is 2. The molecule has 0 radical (unpaired) electrons. The Labute approximate surface area is 150 Å². The van der Waals surface area contributed by atoms with Crippen LogP contribution < -0.4 is 15.4 Å². The lowest BCUT2D eigenvalue weighted by Crippen LogP contribution is -2.49. The van der Waals surface area contributed by atoms with Crippen LogP contribution >= 0.6 is 0 Å². The van der Waals surface area contributed by atoms with Crippen molar-refractivity contribution < 1.29 is 27.5 Å². The van der Waals surface area contributed by atoms with Crippen molar-refractivity contribution in [2.75, 3.05) is 6.61 Å². The van der Waals surface area contributed by atoms with E-state index in [0.717, 1.165) is 31.2 Å². The van der Waals surface area contributed by atoms with Crippen LogP contribution in [0.2, 0.25) is 0 Å². The van der Waals surface area contributed by atoms with Gasteiger partial charge < -0.3 is 15.4 Å². The van der Waals surface area contributed by atoms with Crippen LogP contribution in [0.1, 0.15) is 38.2 Å². The summed E-state index contributed by atoms with van der Waals surface area (Å²) in [5.41, 5.74) is 0.728. The van der Waals surface area contributed by atoms with Gasteiger partial charge in [0.1, 0.15) is 11.8 Å². The second-order valence-corrected chi connectivity index (χ2v) is 6.49. The first-order valence-corrected chi connectivity index (χ1v) is 8.58. The van der Waals surface area contributed by atoms with Gasteiger partial charge in [0.05, 0.1) is 0 Å². The van der Waals surface area contributed by atoms with Gasteiger partial charge in [-0.1, -0.05) is 25.0 Å². The van der Waals surface area contributed by atoms with E-state index in [2.05, 4.69) is 15.4 Å². The molecule has 1 aliphatic carbocycles. The summed E-state index contributed by atoms with van der Waals surface area (Å²) < 4.78 is 41.0. The van der Waals surface area contributed by atoms with Crippen molar-refractivity contribution in [3.8, 4) is 5.75 Å². The second-order valence-electron chi connectivity index (χ2n) is 6.49. The molecule has 0 aromatic heterocycles. The van der Waals surface area contributed by atoms with E-state index in [0.29, 0.717) is 0 Å². The SMILES string of the molecule is CC(=O)NC(C(=O)NCc1ccc(OCC(F)(F)F)cc1)C1CCCC1. The van der Waals surface area contributed by atoms with E-state index in [-0.39, 0.29) is 30.0 Å². The predicted molar refractivity (Wildman–Crippen MR) is 89.4 cm³/mol. The minimum Gasteiger partial charge on any atom is -0.484 e. The summed E-state index contributed by atoms with van der Waals surface area (Å²) >= 11 is 0. The highest BCUT2D eigenvalue weighted by Gasteiger charge is 2.31. The van der Waals surface area contributed by atoms with Crippen molar-refractivity contribution in [2.24, 2.45) is 5.92 Å². The Morgan fingerprint density at radius 2 is 1.81 bits per heavy atom. The smallest absolute Gasteiger partial charge is 0.422 e. The van der Waals surface area contributed by atoms with Crippen LogP contribution in [0, 0.1) is 5.92 Å². The number of halogens is 3. The Balaban J connectivity index is 1.87. The van der Waals surface area contributed by atoms with Crippen molar-refractivity contribution >= 4 is 11.8 Å². The van der Waals surface area contributed by atoms with Crippen molar-refractivity contribution in [2.45, 2.75) is 51.4 Å². The van der Waals surface area contributed by atoms with Crippen molar-refractivity contribution in [3.63, 3.8) is 0 Å². The third-order valence-corrected chi connectivity index (χ3v) is 4.31. The minimum absolute atomic E-state index is 0.111. The fraction of sp³-hybridized carbons (Fsp3) is 0.556. The first kappa shape index (κ1) is 20.1. The van der Waals surface area contributed by atoms with E-state index in [1.54, 1.807) is 12.1 Å². The number of carbonyl (C=O) groups is 2. The second kappa shape index (κ2) is 8.91. The standard InChI is InChI=1S/C18H23F3N2O3/c1-12(24)23-16(14-4-2-3-5-14)17(25)22-10-13-6-8-15(9-7-13)26-11-18(19,20)21/h6-9,14,16H,2-5,10-11H2,1H3,(H,22,25)(H,23,24). The van der Waals surface area contributed by atoms with E-state index in [9.17, 15) is 22.8 Å². The van der Waals surface area contributed by atoms with Crippen LogP contribution in [0.5, 0.6) is 5.75 Å². The molecule has 0 bridgehead atoms. The van der Waals surface area contributed by atoms with Crippen LogP contribution in [0.15, 0.2) is 24.3 Å². The molecule has 1 aromatic carbocycles. The highest BCUT2D eigenvalue weighted by Crippen LogP contribution is 2.28. The monoisotopic (exact) mass is 372 g/mol. The summed E-state index contributed by atoms with van der Waals surface area (Å²) in [6.07, 6.45) is -0.473. The van der Waals surface area contributed by atoms with Crippen molar-refractivity contribution in [3.05, 3.63) is 29.8 Å². The Bertz CT molecular complexity index is 611. The molecule has 1 atom stereocenters. The van der Waals surface area contributed by atoms with Gasteiger partial charge in [0.25, 0.3) is 0 Å². The van der Waals surface area contributed by atoms with Crippen LogP contribution in [0.4, 0.5) is 13.2 Å². The number of ether oxygens (including phenoxy) is 1. The molecule has 144 valence electrons. The highest BCUT2D eigenvalue weighted by atomic mass is 19.4. The van der Waals surface area contributed by atoms with E-state index < -0.39 is 18.8 Å². The minimum atomic E-state index is -4.38. The Kier molecular flexibility index (Phi) is 6.88. The molecule has 2 rings (SSSR count). The molecular weight excluding hydrogens is 349 g/mol. The zero-order valence-electron chi connectivity index (χ0n) is 14.6. The van der Waals surface area contributed by atoms with Crippen LogP contribution in [0.3, 0.4) is 0 Å². The maximum atomic E-state index is 12.4. The number of benzene rings is 1. The molecule has 1 fully saturated rings. The highest BCUT2D eigenvalue weighted by molar-refractivity contribution is 5.87. The molecule has 1 saturated carbocycles. The fourth-order valence-electron chi connectivity index (χ4n) is 3.08. The normalized spacial score (nSPS) is 16.2. The molecule has 5 nitrogen and oxygen atoms in total.